The van der Waals surface area contributed by atoms with Crippen LogP contribution in [0.2, 0.25) is 0 Å². The molecule has 0 spiro atoms. The summed E-state index contributed by atoms with van der Waals surface area (Å²) in [6.45, 7) is 2.02. The van der Waals surface area contributed by atoms with Gasteiger partial charge < -0.3 is 14.3 Å². The summed E-state index contributed by atoms with van der Waals surface area (Å²) in [6, 6.07) is 7.03. The van der Waals surface area contributed by atoms with Gasteiger partial charge in [-0.05, 0) is 25.5 Å². The molecule has 90 valence electrons. The van der Waals surface area contributed by atoms with Gasteiger partial charge >= 0.3 is 0 Å². The average Bonchev–Trinajstić information content (AvgIpc) is 2.34. The fourth-order valence-corrected chi connectivity index (χ4v) is 1.36. The minimum atomic E-state index is 0.153. The predicted octanol–water partition coefficient (Wildman–Crippen LogP) is 2.31. The summed E-state index contributed by atoms with van der Waals surface area (Å²) in [5.41, 5.74) is 0.526. The second-order valence-corrected chi connectivity index (χ2v) is 3.63. The van der Waals surface area contributed by atoms with Gasteiger partial charge in [-0.2, -0.15) is 5.26 Å². The Morgan fingerprint density at radius 2 is 2.18 bits per heavy atom. The summed E-state index contributed by atoms with van der Waals surface area (Å²) in [5.74, 6) is 1.28. The Kier molecular flexibility index (Phi) is 5.02. The fourth-order valence-electron chi connectivity index (χ4n) is 1.36. The average molecular weight is 233 g/mol. The van der Waals surface area contributed by atoms with E-state index in [0.717, 1.165) is 0 Å². The van der Waals surface area contributed by atoms with E-state index in [1.54, 1.807) is 25.1 Å². The van der Waals surface area contributed by atoms with Crippen LogP contribution in [-0.2, 0) is 4.79 Å². The summed E-state index contributed by atoms with van der Waals surface area (Å²) in [5, 5.41) is 8.74. The number of hydrogen-bond acceptors (Lipinski definition) is 4. The molecule has 0 unspecified atom stereocenters. The molecule has 4 heteroatoms. The molecule has 0 atom stereocenters. The van der Waals surface area contributed by atoms with Crippen molar-refractivity contribution in [2.75, 3.05) is 13.7 Å². The lowest BCUT2D eigenvalue weighted by atomic mass is 10.2. The number of carbonyl (C=O) groups is 1. The summed E-state index contributed by atoms with van der Waals surface area (Å²) in [4.78, 5) is 10.7. The van der Waals surface area contributed by atoms with Gasteiger partial charge in [0, 0.05) is 12.5 Å². The van der Waals surface area contributed by atoms with Crippen molar-refractivity contribution in [3.63, 3.8) is 0 Å². The molecule has 17 heavy (non-hydrogen) atoms. The Labute approximate surface area is 101 Å². The van der Waals surface area contributed by atoms with Crippen LogP contribution in [0.15, 0.2) is 18.2 Å². The van der Waals surface area contributed by atoms with E-state index in [1.807, 2.05) is 6.07 Å². The van der Waals surface area contributed by atoms with Gasteiger partial charge in [0.05, 0.1) is 25.3 Å². The molecule has 0 aromatic heterocycles. The Bertz CT molecular complexity index is 435. The lowest BCUT2D eigenvalue weighted by Crippen LogP contribution is -2.01. The lowest BCUT2D eigenvalue weighted by molar-refractivity contribution is -0.117. The van der Waals surface area contributed by atoms with Crippen LogP contribution in [0.4, 0.5) is 0 Å². The van der Waals surface area contributed by atoms with Crippen molar-refractivity contribution in [1.82, 2.24) is 0 Å². The summed E-state index contributed by atoms with van der Waals surface area (Å²) in [6.07, 6.45) is 1.19. The van der Waals surface area contributed by atoms with Crippen molar-refractivity contribution in [3.8, 4) is 17.6 Å². The van der Waals surface area contributed by atoms with E-state index in [2.05, 4.69) is 0 Å². The highest BCUT2D eigenvalue weighted by atomic mass is 16.5. The number of nitriles is 1. The SMILES string of the molecule is COc1cc(C#N)ccc1OCCCC(C)=O. The van der Waals surface area contributed by atoms with E-state index in [0.29, 0.717) is 36.5 Å². The largest absolute Gasteiger partial charge is 0.493 e. The first-order valence-corrected chi connectivity index (χ1v) is 5.37. The smallest absolute Gasteiger partial charge is 0.162 e. The molecule has 0 heterocycles. The Hall–Kier alpha value is -2.02. The molecule has 0 radical (unpaired) electrons. The monoisotopic (exact) mass is 233 g/mol. The van der Waals surface area contributed by atoms with E-state index in [1.165, 1.54) is 7.11 Å². The molecule has 0 N–H and O–H groups in total. The summed E-state index contributed by atoms with van der Waals surface area (Å²) in [7, 11) is 1.53. The second kappa shape index (κ2) is 6.54. The van der Waals surface area contributed by atoms with Crippen LogP contribution < -0.4 is 9.47 Å². The molecular formula is C13H15NO3. The van der Waals surface area contributed by atoms with Crippen molar-refractivity contribution in [3.05, 3.63) is 23.8 Å². The van der Waals surface area contributed by atoms with Crippen LogP contribution >= 0.6 is 0 Å². The number of methoxy groups -OCH3 is 1. The van der Waals surface area contributed by atoms with Crippen LogP contribution in [0.3, 0.4) is 0 Å². The van der Waals surface area contributed by atoms with E-state index >= 15 is 0 Å². The number of Topliss-reactive ketones (excluding diaryl/α,β-unsaturated/α-hetero) is 1. The van der Waals surface area contributed by atoms with Gasteiger partial charge in [-0.3, -0.25) is 0 Å². The van der Waals surface area contributed by atoms with Gasteiger partial charge in [0.25, 0.3) is 0 Å². The van der Waals surface area contributed by atoms with Crippen molar-refractivity contribution >= 4 is 5.78 Å². The number of carbonyl (C=O) groups excluding carboxylic acids is 1. The third-order valence-corrected chi connectivity index (χ3v) is 2.22. The number of nitrogens with zero attached hydrogens (tertiary/aromatic N) is 1. The zero-order valence-electron chi connectivity index (χ0n) is 10.0. The maximum absolute atomic E-state index is 10.7. The minimum Gasteiger partial charge on any atom is -0.493 e. The van der Waals surface area contributed by atoms with Crippen molar-refractivity contribution < 1.29 is 14.3 Å². The van der Waals surface area contributed by atoms with E-state index in [9.17, 15) is 4.79 Å². The van der Waals surface area contributed by atoms with Crippen LogP contribution in [0.5, 0.6) is 11.5 Å². The molecule has 0 aliphatic heterocycles. The van der Waals surface area contributed by atoms with Gasteiger partial charge in [0.2, 0.25) is 0 Å². The third-order valence-electron chi connectivity index (χ3n) is 2.22. The second-order valence-electron chi connectivity index (χ2n) is 3.63. The maximum Gasteiger partial charge on any atom is 0.162 e. The molecule has 1 aromatic carbocycles. The van der Waals surface area contributed by atoms with Crippen LogP contribution in [-0.4, -0.2) is 19.5 Å². The first-order valence-electron chi connectivity index (χ1n) is 5.37. The predicted molar refractivity (Wildman–Crippen MR) is 63.1 cm³/mol. The molecule has 4 nitrogen and oxygen atoms in total. The first kappa shape index (κ1) is 13.0. The first-order chi connectivity index (χ1) is 8.17. The molecule has 0 saturated heterocycles. The topological polar surface area (TPSA) is 59.3 Å². The van der Waals surface area contributed by atoms with Crippen LogP contribution in [0.1, 0.15) is 25.3 Å². The number of hydrogen-bond donors (Lipinski definition) is 0. The zero-order valence-corrected chi connectivity index (χ0v) is 10.0. The number of rotatable bonds is 6. The normalized spacial score (nSPS) is 9.47. The highest BCUT2D eigenvalue weighted by Crippen LogP contribution is 2.27. The van der Waals surface area contributed by atoms with Crippen molar-refractivity contribution in [2.45, 2.75) is 19.8 Å². The quantitative estimate of drug-likeness (QED) is 0.707. The third kappa shape index (κ3) is 4.15. The molecule has 1 aromatic rings. The van der Waals surface area contributed by atoms with Crippen LogP contribution in [0, 0.1) is 11.3 Å². The van der Waals surface area contributed by atoms with Gasteiger partial charge in [0.15, 0.2) is 11.5 Å². The van der Waals surface area contributed by atoms with E-state index < -0.39 is 0 Å². The van der Waals surface area contributed by atoms with Gasteiger partial charge in [-0.1, -0.05) is 0 Å². The highest BCUT2D eigenvalue weighted by molar-refractivity contribution is 5.75. The van der Waals surface area contributed by atoms with E-state index in [-0.39, 0.29) is 5.78 Å². The molecule has 0 amide bonds. The molecule has 0 aliphatic carbocycles. The van der Waals surface area contributed by atoms with Crippen molar-refractivity contribution in [1.29, 1.82) is 5.26 Å². The Balaban J connectivity index is 2.59. The maximum atomic E-state index is 10.7. The van der Waals surface area contributed by atoms with E-state index in [4.69, 9.17) is 14.7 Å². The molecule has 0 aliphatic rings. The Morgan fingerprint density at radius 1 is 1.41 bits per heavy atom. The van der Waals surface area contributed by atoms with Crippen molar-refractivity contribution in [2.24, 2.45) is 0 Å². The Morgan fingerprint density at radius 3 is 2.76 bits per heavy atom. The molecule has 0 bridgehead atoms. The molecular weight excluding hydrogens is 218 g/mol. The van der Waals surface area contributed by atoms with Gasteiger partial charge in [-0.15, -0.1) is 0 Å². The number of benzene rings is 1. The molecule has 1 rings (SSSR count). The number of ketones is 1. The highest BCUT2D eigenvalue weighted by Gasteiger charge is 2.05. The molecule has 0 saturated carbocycles. The van der Waals surface area contributed by atoms with Gasteiger partial charge in [0.1, 0.15) is 5.78 Å². The van der Waals surface area contributed by atoms with Crippen LogP contribution in [0.25, 0.3) is 0 Å². The van der Waals surface area contributed by atoms with Gasteiger partial charge in [-0.25, -0.2) is 0 Å². The minimum absolute atomic E-state index is 0.153. The summed E-state index contributed by atoms with van der Waals surface area (Å²) >= 11 is 0. The fraction of sp³-hybridized carbons (Fsp3) is 0.385. The standard InChI is InChI=1S/C13H15NO3/c1-10(15)4-3-7-17-12-6-5-11(9-14)8-13(12)16-2/h5-6,8H,3-4,7H2,1-2H3. The number of ether oxygens (including phenoxy) is 2. The lowest BCUT2D eigenvalue weighted by Gasteiger charge is -2.10. The zero-order chi connectivity index (χ0) is 12.7. The molecule has 0 fully saturated rings. The summed E-state index contributed by atoms with van der Waals surface area (Å²) < 4.78 is 10.6.